The highest BCUT2D eigenvalue weighted by Crippen LogP contribution is 2.30. The van der Waals surface area contributed by atoms with Gasteiger partial charge in [0, 0.05) is 16.1 Å². The van der Waals surface area contributed by atoms with E-state index in [0.717, 1.165) is 16.5 Å². The fourth-order valence-electron chi connectivity index (χ4n) is 1.76. The van der Waals surface area contributed by atoms with Crippen LogP contribution in [-0.2, 0) is 0 Å². The lowest BCUT2D eigenvalue weighted by Crippen LogP contribution is -2.31. The van der Waals surface area contributed by atoms with Crippen LogP contribution in [0.5, 0.6) is 5.75 Å². The zero-order chi connectivity index (χ0) is 13.8. The van der Waals surface area contributed by atoms with Crippen LogP contribution in [0.2, 0.25) is 0 Å². The normalized spacial score (nSPS) is 14.1. The summed E-state index contributed by atoms with van der Waals surface area (Å²) in [6, 6.07) is 6.42. The number of nitrogens with two attached hydrogens (primary N) is 1. The van der Waals surface area contributed by atoms with Crippen molar-refractivity contribution in [3.8, 4) is 5.75 Å². The number of rotatable bonds is 5. The molecular weight excluding hydrogens is 329 g/mol. The van der Waals surface area contributed by atoms with Gasteiger partial charge in [-0.05, 0) is 41.4 Å². The Morgan fingerprint density at radius 1 is 1.42 bits per heavy atom. The van der Waals surface area contributed by atoms with Crippen molar-refractivity contribution >= 4 is 27.3 Å². The first kappa shape index (κ1) is 14.5. The summed E-state index contributed by atoms with van der Waals surface area (Å²) in [4.78, 5) is 0. The predicted octanol–water partition coefficient (Wildman–Crippen LogP) is 4.51. The van der Waals surface area contributed by atoms with Gasteiger partial charge < -0.3 is 10.5 Å². The summed E-state index contributed by atoms with van der Waals surface area (Å²) >= 11 is 4.89. The van der Waals surface area contributed by atoms with Gasteiger partial charge in [-0.25, -0.2) is 4.39 Å². The fraction of sp³-hybridized carbons (Fsp3) is 0.286. The molecular formula is C14H15BrFNOS. The zero-order valence-electron chi connectivity index (χ0n) is 10.5. The highest BCUT2D eigenvalue weighted by Gasteiger charge is 2.22. The van der Waals surface area contributed by atoms with E-state index in [4.69, 9.17) is 10.5 Å². The topological polar surface area (TPSA) is 35.2 Å². The highest BCUT2D eigenvalue weighted by molar-refractivity contribution is 9.10. The molecule has 19 heavy (non-hydrogen) atoms. The smallest absolute Gasteiger partial charge is 0.165 e. The van der Waals surface area contributed by atoms with Gasteiger partial charge >= 0.3 is 0 Å². The van der Waals surface area contributed by atoms with Gasteiger partial charge in [-0.3, -0.25) is 0 Å². The van der Waals surface area contributed by atoms with Crippen LogP contribution in [-0.4, -0.2) is 6.04 Å². The molecule has 0 radical (unpaired) electrons. The van der Waals surface area contributed by atoms with E-state index in [1.165, 1.54) is 6.07 Å². The van der Waals surface area contributed by atoms with Crippen molar-refractivity contribution in [3.05, 3.63) is 50.9 Å². The van der Waals surface area contributed by atoms with E-state index < -0.39 is 0 Å². The lowest BCUT2D eigenvalue weighted by Gasteiger charge is -2.24. The number of thiophene rings is 1. The molecule has 1 aromatic heterocycles. The van der Waals surface area contributed by atoms with Gasteiger partial charge in [-0.1, -0.05) is 22.9 Å². The molecule has 2 aromatic rings. The number of benzene rings is 1. The second kappa shape index (κ2) is 6.50. The molecule has 1 aromatic carbocycles. The number of halogens is 2. The quantitative estimate of drug-likeness (QED) is 0.866. The molecule has 2 unspecified atom stereocenters. The summed E-state index contributed by atoms with van der Waals surface area (Å²) in [6.07, 6.45) is 0.427. The molecule has 0 fully saturated rings. The second-order valence-corrected chi connectivity index (χ2v) is 5.94. The SMILES string of the molecule is CCC(N)C(Oc1cc(Br)ccc1F)c1ccsc1. The van der Waals surface area contributed by atoms with E-state index in [0.29, 0.717) is 0 Å². The van der Waals surface area contributed by atoms with Crippen molar-refractivity contribution in [1.82, 2.24) is 0 Å². The molecule has 2 rings (SSSR count). The highest BCUT2D eigenvalue weighted by atomic mass is 79.9. The van der Waals surface area contributed by atoms with Crippen molar-refractivity contribution in [1.29, 1.82) is 0 Å². The number of ether oxygens (including phenoxy) is 1. The van der Waals surface area contributed by atoms with Crippen LogP contribution < -0.4 is 10.5 Å². The van der Waals surface area contributed by atoms with E-state index in [1.807, 2.05) is 23.8 Å². The Bertz CT molecular complexity index is 532. The van der Waals surface area contributed by atoms with Crippen LogP contribution in [0.15, 0.2) is 39.5 Å². The van der Waals surface area contributed by atoms with Crippen molar-refractivity contribution in [2.75, 3.05) is 0 Å². The van der Waals surface area contributed by atoms with Gasteiger partial charge in [-0.15, -0.1) is 0 Å². The summed E-state index contributed by atoms with van der Waals surface area (Å²) in [5.74, 6) is -0.166. The maximum atomic E-state index is 13.8. The van der Waals surface area contributed by atoms with Crippen LogP contribution in [0.1, 0.15) is 25.0 Å². The van der Waals surface area contributed by atoms with Crippen molar-refractivity contribution in [2.45, 2.75) is 25.5 Å². The molecule has 0 aliphatic heterocycles. The maximum Gasteiger partial charge on any atom is 0.165 e. The largest absolute Gasteiger partial charge is 0.481 e. The van der Waals surface area contributed by atoms with E-state index in [9.17, 15) is 4.39 Å². The Labute approximate surface area is 124 Å². The zero-order valence-corrected chi connectivity index (χ0v) is 12.9. The standard InChI is InChI=1S/C14H15BrFNOS/c1-2-12(17)14(9-5-6-19-8-9)18-13-7-10(15)3-4-11(13)16/h3-8,12,14H,2,17H2,1H3. The second-order valence-electron chi connectivity index (χ2n) is 4.24. The van der Waals surface area contributed by atoms with Crippen LogP contribution in [0.3, 0.4) is 0 Å². The summed E-state index contributed by atoms with van der Waals surface area (Å²) < 4.78 is 20.3. The molecule has 102 valence electrons. The Kier molecular flexibility index (Phi) is 4.96. The van der Waals surface area contributed by atoms with Crippen LogP contribution in [0.4, 0.5) is 4.39 Å². The lowest BCUT2D eigenvalue weighted by atomic mass is 10.0. The van der Waals surface area contributed by atoms with Gasteiger partial charge in [0.1, 0.15) is 6.10 Å². The van der Waals surface area contributed by atoms with Crippen LogP contribution >= 0.6 is 27.3 Å². The van der Waals surface area contributed by atoms with Crippen molar-refractivity contribution in [2.24, 2.45) is 5.73 Å². The Morgan fingerprint density at radius 2 is 2.21 bits per heavy atom. The molecule has 0 aliphatic rings. The molecule has 0 aliphatic carbocycles. The van der Waals surface area contributed by atoms with E-state index in [1.54, 1.807) is 23.5 Å². The third kappa shape index (κ3) is 3.55. The molecule has 2 atom stereocenters. The number of hydrogen-bond acceptors (Lipinski definition) is 3. The average molecular weight is 344 g/mol. The van der Waals surface area contributed by atoms with Gasteiger partial charge in [0.05, 0.1) is 0 Å². The summed E-state index contributed by atoms with van der Waals surface area (Å²) in [5, 5.41) is 3.95. The molecule has 0 spiro atoms. The first-order valence-electron chi connectivity index (χ1n) is 6.01. The third-order valence-electron chi connectivity index (χ3n) is 2.88. The Morgan fingerprint density at radius 3 is 2.84 bits per heavy atom. The summed E-state index contributed by atoms with van der Waals surface area (Å²) in [5.41, 5.74) is 7.07. The predicted molar refractivity (Wildman–Crippen MR) is 80.1 cm³/mol. The first-order chi connectivity index (χ1) is 9.11. The molecule has 1 heterocycles. The molecule has 0 saturated carbocycles. The monoisotopic (exact) mass is 343 g/mol. The molecule has 5 heteroatoms. The fourth-order valence-corrected chi connectivity index (χ4v) is 2.78. The van der Waals surface area contributed by atoms with Crippen LogP contribution in [0, 0.1) is 5.82 Å². The van der Waals surface area contributed by atoms with Gasteiger partial charge in [0.25, 0.3) is 0 Å². The van der Waals surface area contributed by atoms with Crippen molar-refractivity contribution in [3.63, 3.8) is 0 Å². The molecule has 2 nitrogen and oxygen atoms in total. The lowest BCUT2D eigenvalue weighted by molar-refractivity contribution is 0.164. The third-order valence-corrected chi connectivity index (χ3v) is 4.07. The first-order valence-corrected chi connectivity index (χ1v) is 7.74. The molecule has 0 saturated heterocycles. The minimum absolute atomic E-state index is 0.173. The Hall–Kier alpha value is -0.910. The number of hydrogen-bond donors (Lipinski definition) is 1. The van der Waals surface area contributed by atoms with E-state index in [-0.39, 0.29) is 23.7 Å². The molecule has 0 amide bonds. The van der Waals surface area contributed by atoms with E-state index in [2.05, 4.69) is 15.9 Å². The summed E-state index contributed by atoms with van der Waals surface area (Å²) in [6.45, 7) is 1.99. The Balaban J connectivity index is 2.28. The minimum atomic E-state index is -0.383. The van der Waals surface area contributed by atoms with Gasteiger partial charge in [0.15, 0.2) is 11.6 Å². The van der Waals surface area contributed by atoms with E-state index >= 15 is 0 Å². The molecule has 0 bridgehead atoms. The minimum Gasteiger partial charge on any atom is -0.481 e. The van der Waals surface area contributed by atoms with Gasteiger partial charge in [-0.2, -0.15) is 11.3 Å². The average Bonchev–Trinajstić information content (AvgIpc) is 2.92. The van der Waals surface area contributed by atoms with Crippen LogP contribution in [0.25, 0.3) is 0 Å². The van der Waals surface area contributed by atoms with Crippen molar-refractivity contribution < 1.29 is 9.13 Å². The molecule has 2 N–H and O–H groups in total. The maximum absolute atomic E-state index is 13.8. The summed E-state index contributed by atoms with van der Waals surface area (Å²) in [7, 11) is 0. The van der Waals surface area contributed by atoms with Gasteiger partial charge in [0.2, 0.25) is 0 Å².